The summed E-state index contributed by atoms with van der Waals surface area (Å²) >= 11 is 0. The molecule has 2 bridgehead atoms. The van der Waals surface area contributed by atoms with E-state index in [1.54, 1.807) is 11.0 Å². The number of hydrogen-bond donors (Lipinski definition) is 0. The molecule has 2 heterocycles. The Hall–Kier alpha value is -3.74. The molecule has 7 heteroatoms. The first-order valence-corrected chi connectivity index (χ1v) is 12.4. The molecule has 0 spiro atoms. The molecule has 0 radical (unpaired) electrons. The van der Waals surface area contributed by atoms with Crippen LogP contribution in [-0.2, 0) is 10.9 Å². The molecule has 3 aliphatic rings. The summed E-state index contributed by atoms with van der Waals surface area (Å²) in [5.41, 5.74) is 5.18. The molecule has 2 unspecified atom stereocenters. The van der Waals surface area contributed by atoms with E-state index >= 15 is 0 Å². The molecule has 0 aromatic heterocycles. The fraction of sp³-hybridized carbons (Fsp3) is 0.300. The van der Waals surface area contributed by atoms with E-state index in [9.17, 15) is 18.0 Å². The van der Waals surface area contributed by atoms with Gasteiger partial charge in [-0.2, -0.15) is 13.2 Å². The van der Waals surface area contributed by atoms with Crippen molar-refractivity contribution in [2.45, 2.75) is 43.4 Å². The van der Waals surface area contributed by atoms with E-state index in [1.165, 1.54) is 18.2 Å². The highest BCUT2D eigenvalue weighted by Gasteiger charge is 2.42. The number of carbonyl (C=O) groups excluding carboxylic acids is 1. The number of halogens is 3. The number of nitrogens with zero attached hydrogens (tertiary/aromatic N) is 1. The van der Waals surface area contributed by atoms with Crippen molar-refractivity contribution in [3.05, 3.63) is 95.1 Å². The third-order valence-corrected chi connectivity index (χ3v) is 7.78. The zero-order chi connectivity index (χ0) is 25.7. The molecule has 37 heavy (non-hydrogen) atoms. The van der Waals surface area contributed by atoms with Crippen LogP contribution in [0.2, 0.25) is 0 Å². The lowest BCUT2D eigenvalue weighted by Crippen LogP contribution is -2.43. The van der Waals surface area contributed by atoms with Gasteiger partial charge in [0.15, 0.2) is 0 Å². The lowest BCUT2D eigenvalue weighted by molar-refractivity contribution is -0.137. The van der Waals surface area contributed by atoms with Gasteiger partial charge in [-0.15, -0.1) is 0 Å². The first-order valence-electron chi connectivity index (χ1n) is 12.4. The third-order valence-electron chi connectivity index (χ3n) is 7.78. The average molecular weight is 506 g/mol. The van der Waals surface area contributed by atoms with Gasteiger partial charge in [-0.3, -0.25) is 4.90 Å². The van der Waals surface area contributed by atoms with E-state index in [0.717, 1.165) is 41.7 Å². The Morgan fingerprint density at radius 1 is 0.973 bits per heavy atom. The highest BCUT2D eigenvalue weighted by molar-refractivity contribution is 5.79. The predicted octanol–water partition coefficient (Wildman–Crippen LogP) is 7.28. The summed E-state index contributed by atoms with van der Waals surface area (Å²) in [6.07, 6.45) is -0.902. The van der Waals surface area contributed by atoms with Gasteiger partial charge in [0.25, 0.3) is 0 Å². The van der Waals surface area contributed by atoms with Gasteiger partial charge in [-0.25, -0.2) is 4.79 Å². The fourth-order valence-electron chi connectivity index (χ4n) is 6.06. The number of fused-ring (bicyclic) bond motifs is 5. The van der Waals surface area contributed by atoms with E-state index in [0.29, 0.717) is 12.0 Å². The Morgan fingerprint density at radius 2 is 1.65 bits per heavy atom. The number of alkyl halides is 3. The molecule has 0 saturated carbocycles. The fourth-order valence-corrected chi connectivity index (χ4v) is 6.06. The summed E-state index contributed by atoms with van der Waals surface area (Å²) < 4.78 is 51.3. The molecule has 1 fully saturated rings. The third kappa shape index (κ3) is 4.16. The van der Waals surface area contributed by atoms with Crippen LogP contribution in [0, 0.1) is 0 Å². The van der Waals surface area contributed by atoms with Crippen molar-refractivity contribution in [3.8, 4) is 16.9 Å². The minimum atomic E-state index is -4.47. The van der Waals surface area contributed by atoms with E-state index < -0.39 is 11.7 Å². The van der Waals surface area contributed by atoms with Crippen LogP contribution >= 0.6 is 0 Å². The summed E-state index contributed by atoms with van der Waals surface area (Å²) in [7, 11) is 1.36. The maximum absolute atomic E-state index is 13.4. The van der Waals surface area contributed by atoms with Gasteiger partial charge in [0.1, 0.15) is 12.4 Å². The topological polar surface area (TPSA) is 38.8 Å². The van der Waals surface area contributed by atoms with Gasteiger partial charge in [-0.1, -0.05) is 54.6 Å². The molecule has 3 aromatic rings. The van der Waals surface area contributed by atoms with Crippen LogP contribution in [0.4, 0.5) is 18.0 Å². The Labute approximate surface area is 213 Å². The van der Waals surface area contributed by atoms with Gasteiger partial charge < -0.3 is 9.47 Å². The lowest BCUT2D eigenvalue weighted by Gasteiger charge is -2.34. The smallest absolute Gasteiger partial charge is 0.416 e. The largest absolute Gasteiger partial charge is 0.497 e. The maximum atomic E-state index is 13.4. The van der Waals surface area contributed by atoms with Crippen molar-refractivity contribution in [1.82, 2.24) is 4.90 Å². The van der Waals surface area contributed by atoms with E-state index in [4.69, 9.17) is 9.47 Å². The second-order valence-corrected chi connectivity index (χ2v) is 9.85. The second-order valence-electron chi connectivity index (χ2n) is 9.85. The van der Waals surface area contributed by atoms with Crippen LogP contribution in [0.3, 0.4) is 0 Å². The summed E-state index contributed by atoms with van der Waals surface area (Å²) in [5.74, 6) is 0.138. The molecule has 1 saturated heterocycles. The van der Waals surface area contributed by atoms with E-state index in [-0.39, 0.29) is 36.5 Å². The molecular weight excluding hydrogens is 479 g/mol. The van der Waals surface area contributed by atoms with E-state index in [1.807, 2.05) is 30.3 Å². The maximum Gasteiger partial charge on any atom is 0.416 e. The van der Waals surface area contributed by atoms with E-state index in [2.05, 4.69) is 24.3 Å². The zero-order valence-electron chi connectivity index (χ0n) is 20.3. The molecule has 190 valence electrons. The number of hydrogen-bond acceptors (Lipinski definition) is 3. The summed E-state index contributed by atoms with van der Waals surface area (Å²) in [6, 6.07) is 19.9. The molecule has 3 aromatic carbocycles. The lowest BCUT2D eigenvalue weighted by atomic mass is 9.93. The van der Waals surface area contributed by atoms with Crippen molar-refractivity contribution < 1.29 is 27.4 Å². The highest BCUT2D eigenvalue weighted by atomic mass is 19.4. The number of methoxy groups -OCH3 is 1. The summed E-state index contributed by atoms with van der Waals surface area (Å²) in [6.45, 7) is 0.240. The van der Waals surface area contributed by atoms with Crippen molar-refractivity contribution >= 4 is 11.7 Å². The molecule has 0 N–H and O–H groups in total. The number of ether oxygens (including phenoxy) is 2. The Morgan fingerprint density at radius 3 is 2.27 bits per heavy atom. The van der Waals surface area contributed by atoms with Crippen molar-refractivity contribution in [2.75, 3.05) is 13.7 Å². The minimum Gasteiger partial charge on any atom is -0.497 e. The molecule has 1 amide bonds. The monoisotopic (exact) mass is 505 g/mol. The number of rotatable bonds is 4. The molecule has 2 aliphatic heterocycles. The Kier molecular flexibility index (Phi) is 5.74. The average Bonchev–Trinajstić information content (AvgIpc) is 3.36. The standard InChI is InChI=1S/C30H26F3NO3/c1-36-23-15-18(12-20(16-23)30(31,32)33)19-13-21-10-11-22(14-19)34(21)29(35)37-17-28-26-8-4-2-6-24(26)25-7-3-5-9-27(25)28/h2-9,12-13,15-16,21-22,28H,10-11,14,17H2,1H3. The molecule has 2 atom stereocenters. The quantitative estimate of drug-likeness (QED) is 0.374. The van der Waals surface area contributed by atoms with Gasteiger partial charge >= 0.3 is 12.3 Å². The number of benzene rings is 3. The predicted molar refractivity (Wildman–Crippen MR) is 134 cm³/mol. The SMILES string of the molecule is COc1cc(C2=CC3CCC(C2)N3C(=O)OCC2c3ccccc3-c3ccccc32)cc(C(F)(F)F)c1. The van der Waals surface area contributed by atoms with Crippen LogP contribution in [0.5, 0.6) is 5.75 Å². The molecule has 6 rings (SSSR count). The van der Waals surface area contributed by atoms with Crippen molar-refractivity contribution in [2.24, 2.45) is 0 Å². The van der Waals surface area contributed by atoms with Crippen molar-refractivity contribution in [3.63, 3.8) is 0 Å². The van der Waals surface area contributed by atoms with Crippen LogP contribution in [-0.4, -0.2) is 36.8 Å². The normalized spacial score (nSPS) is 20.3. The van der Waals surface area contributed by atoms with Crippen LogP contribution in [0.15, 0.2) is 72.8 Å². The minimum absolute atomic E-state index is 0.0255. The first kappa shape index (κ1) is 23.6. The molecular formula is C30H26F3NO3. The number of amides is 1. The summed E-state index contributed by atoms with van der Waals surface area (Å²) in [5, 5.41) is 0. The van der Waals surface area contributed by atoms with Crippen molar-refractivity contribution in [1.29, 1.82) is 0 Å². The number of carbonyl (C=O) groups is 1. The molecule has 1 aliphatic carbocycles. The Bertz CT molecular complexity index is 1350. The van der Waals surface area contributed by atoms with Gasteiger partial charge in [0, 0.05) is 12.0 Å². The zero-order valence-corrected chi connectivity index (χ0v) is 20.3. The Balaban J connectivity index is 1.21. The first-order chi connectivity index (χ1) is 17.8. The van der Waals surface area contributed by atoms with Gasteiger partial charge in [0.2, 0.25) is 0 Å². The van der Waals surface area contributed by atoms with Crippen LogP contribution in [0.1, 0.15) is 47.4 Å². The van der Waals surface area contributed by atoms with Gasteiger partial charge in [0.05, 0.1) is 18.7 Å². The highest BCUT2D eigenvalue weighted by Crippen LogP contribution is 2.45. The van der Waals surface area contributed by atoms with Crippen LogP contribution in [0.25, 0.3) is 16.7 Å². The van der Waals surface area contributed by atoms with Gasteiger partial charge in [-0.05, 0) is 70.9 Å². The summed E-state index contributed by atoms with van der Waals surface area (Å²) in [4.78, 5) is 15.0. The molecule has 4 nitrogen and oxygen atoms in total. The van der Waals surface area contributed by atoms with Crippen LogP contribution < -0.4 is 4.74 Å². The second kappa shape index (κ2) is 8.98.